The number of benzene rings is 1. The Morgan fingerprint density at radius 2 is 2.29 bits per heavy atom. The molecule has 2 aromatic rings. The van der Waals surface area contributed by atoms with Crippen molar-refractivity contribution in [2.45, 2.75) is 17.9 Å². The van der Waals surface area contributed by atoms with Crippen LogP contribution in [0.15, 0.2) is 35.5 Å². The van der Waals surface area contributed by atoms with Crippen LogP contribution in [0.1, 0.15) is 10.4 Å². The molecule has 0 fully saturated rings. The van der Waals surface area contributed by atoms with E-state index in [2.05, 4.69) is 10.4 Å². The maximum atomic E-state index is 12.2. The van der Waals surface area contributed by atoms with Crippen molar-refractivity contribution in [2.24, 2.45) is 0 Å². The average Bonchev–Trinajstić information content (AvgIpc) is 2.85. The van der Waals surface area contributed by atoms with Crippen LogP contribution in [0.5, 0.6) is 0 Å². The Kier molecular flexibility index (Phi) is 5.19. The Balaban J connectivity index is 2.12. The number of hydrogen-bond acceptors (Lipinski definition) is 3. The summed E-state index contributed by atoms with van der Waals surface area (Å²) in [5.41, 5.74) is 0.663. The van der Waals surface area contributed by atoms with Crippen molar-refractivity contribution in [3.63, 3.8) is 0 Å². The summed E-state index contributed by atoms with van der Waals surface area (Å²) >= 11 is 7.49. The topological polar surface area (TPSA) is 46.9 Å². The van der Waals surface area contributed by atoms with Gasteiger partial charge in [-0.15, -0.1) is 11.8 Å². The van der Waals surface area contributed by atoms with Crippen molar-refractivity contribution in [1.82, 2.24) is 9.78 Å². The number of aromatic nitrogens is 2. The molecule has 0 saturated heterocycles. The number of carbonyl (C=O) groups is 1. The van der Waals surface area contributed by atoms with Crippen molar-refractivity contribution in [1.29, 1.82) is 0 Å². The van der Waals surface area contributed by atoms with Gasteiger partial charge in [0.1, 0.15) is 6.54 Å². The minimum absolute atomic E-state index is 0.324. The van der Waals surface area contributed by atoms with E-state index in [-0.39, 0.29) is 0 Å². The third-order valence-corrected chi connectivity index (χ3v) is 3.69. The Labute approximate surface area is 129 Å². The fraction of sp³-hybridized carbons (Fsp3) is 0.231. The lowest BCUT2D eigenvalue weighted by Gasteiger charge is -2.06. The predicted octanol–water partition coefficient (Wildman–Crippen LogP) is 3.78. The highest BCUT2D eigenvalue weighted by atomic mass is 35.5. The van der Waals surface area contributed by atoms with Gasteiger partial charge in [-0.2, -0.15) is 5.10 Å². The Bertz CT molecular complexity index is 648. The van der Waals surface area contributed by atoms with E-state index in [1.807, 2.05) is 12.3 Å². The number of amides is 1. The second-order valence-electron chi connectivity index (χ2n) is 4.14. The molecule has 1 N–H and O–H groups in total. The van der Waals surface area contributed by atoms with Crippen LogP contribution < -0.4 is 5.32 Å². The number of carbonyl (C=O) groups excluding carboxylic acids is 1. The lowest BCUT2D eigenvalue weighted by molar-refractivity contribution is 0.102. The molecule has 1 heterocycles. The molecule has 0 aliphatic heterocycles. The van der Waals surface area contributed by atoms with E-state index >= 15 is 0 Å². The highest BCUT2D eigenvalue weighted by Crippen LogP contribution is 2.24. The van der Waals surface area contributed by atoms with Crippen molar-refractivity contribution in [3.8, 4) is 0 Å². The number of alkyl halides is 2. The van der Waals surface area contributed by atoms with Gasteiger partial charge < -0.3 is 5.32 Å². The molecule has 112 valence electrons. The first-order valence-corrected chi connectivity index (χ1v) is 7.55. The molecule has 21 heavy (non-hydrogen) atoms. The molecule has 0 bridgehead atoms. The van der Waals surface area contributed by atoms with Crippen LogP contribution in [-0.2, 0) is 6.54 Å². The van der Waals surface area contributed by atoms with Crippen LogP contribution in [-0.4, -0.2) is 28.4 Å². The standard InChI is InChI=1S/C13H12ClF2N3OS/c1-21-9-2-3-11(14)10(4-9)13(20)18-8-5-17-19(6-8)7-12(15)16/h2-6,12H,7H2,1H3,(H,18,20). The Morgan fingerprint density at radius 1 is 1.52 bits per heavy atom. The van der Waals surface area contributed by atoms with Crippen LogP contribution in [0.2, 0.25) is 5.02 Å². The van der Waals surface area contributed by atoms with Crippen molar-refractivity contribution >= 4 is 35.0 Å². The van der Waals surface area contributed by atoms with Crippen LogP contribution in [0.4, 0.5) is 14.5 Å². The summed E-state index contributed by atoms with van der Waals surface area (Å²) in [5, 5.41) is 6.65. The molecule has 1 aromatic carbocycles. The highest BCUT2D eigenvalue weighted by molar-refractivity contribution is 7.98. The lowest BCUT2D eigenvalue weighted by Crippen LogP contribution is -2.12. The fourth-order valence-electron chi connectivity index (χ4n) is 1.67. The maximum absolute atomic E-state index is 12.2. The van der Waals surface area contributed by atoms with Gasteiger partial charge in [0.15, 0.2) is 0 Å². The third kappa shape index (κ3) is 4.18. The molecule has 0 unspecified atom stereocenters. The smallest absolute Gasteiger partial charge is 0.257 e. The number of rotatable bonds is 5. The summed E-state index contributed by atoms with van der Waals surface area (Å²) in [7, 11) is 0. The van der Waals surface area contributed by atoms with Gasteiger partial charge in [-0.1, -0.05) is 11.6 Å². The zero-order chi connectivity index (χ0) is 15.4. The molecular formula is C13H12ClF2N3OS. The summed E-state index contributed by atoms with van der Waals surface area (Å²) in [5.74, 6) is -0.410. The second kappa shape index (κ2) is 6.91. The summed E-state index contributed by atoms with van der Waals surface area (Å²) in [6, 6.07) is 5.12. The van der Waals surface area contributed by atoms with Crippen LogP contribution in [0.25, 0.3) is 0 Å². The molecular weight excluding hydrogens is 320 g/mol. The Morgan fingerprint density at radius 3 is 2.95 bits per heavy atom. The van der Waals surface area contributed by atoms with Gasteiger partial charge in [0.2, 0.25) is 0 Å². The van der Waals surface area contributed by atoms with E-state index in [0.717, 1.165) is 9.58 Å². The highest BCUT2D eigenvalue weighted by Gasteiger charge is 2.13. The predicted molar refractivity (Wildman–Crippen MR) is 79.4 cm³/mol. The van der Waals surface area contributed by atoms with Gasteiger partial charge in [0.25, 0.3) is 12.3 Å². The fourth-order valence-corrected chi connectivity index (χ4v) is 2.32. The first kappa shape index (κ1) is 15.8. The minimum Gasteiger partial charge on any atom is -0.319 e. The van der Waals surface area contributed by atoms with Crippen molar-refractivity contribution < 1.29 is 13.6 Å². The first-order chi connectivity index (χ1) is 9.99. The third-order valence-electron chi connectivity index (χ3n) is 2.63. The van der Waals surface area contributed by atoms with Crippen LogP contribution in [0, 0.1) is 0 Å². The zero-order valence-corrected chi connectivity index (χ0v) is 12.6. The molecule has 0 saturated carbocycles. The van der Waals surface area contributed by atoms with Gasteiger partial charge >= 0.3 is 0 Å². The summed E-state index contributed by atoms with van der Waals surface area (Å²) in [6.45, 7) is -0.515. The van der Waals surface area contributed by atoms with Crippen LogP contribution >= 0.6 is 23.4 Å². The summed E-state index contributed by atoms with van der Waals surface area (Å²) in [6.07, 6.45) is 2.05. The van der Waals surface area contributed by atoms with Gasteiger partial charge in [-0.05, 0) is 24.5 Å². The van der Waals surface area contributed by atoms with Crippen LogP contribution in [0.3, 0.4) is 0 Å². The summed E-state index contributed by atoms with van der Waals surface area (Å²) in [4.78, 5) is 13.0. The van der Waals surface area contributed by atoms with E-state index in [9.17, 15) is 13.6 Å². The van der Waals surface area contributed by atoms with E-state index < -0.39 is 18.9 Å². The number of nitrogens with one attached hydrogen (secondary N) is 1. The van der Waals surface area contributed by atoms with Crippen molar-refractivity contribution in [3.05, 3.63) is 41.2 Å². The average molecular weight is 332 g/mol. The maximum Gasteiger partial charge on any atom is 0.257 e. The number of halogens is 3. The molecule has 1 amide bonds. The molecule has 0 aliphatic carbocycles. The van der Waals surface area contributed by atoms with Crippen molar-refractivity contribution in [2.75, 3.05) is 11.6 Å². The van der Waals surface area contributed by atoms with E-state index in [4.69, 9.17) is 11.6 Å². The molecule has 0 spiro atoms. The van der Waals surface area contributed by atoms with Gasteiger partial charge in [-0.3, -0.25) is 9.48 Å². The summed E-state index contributed by atoms with van der Waals surface area (Å²) < 4.78 is 25.5. The monoisotopic (exact) mass is 331 g/mol. The number of hydrogen-bond donors (Lipinski definition) is 1. The Hall–Kier alpha value is -1.60. The number of anilines is 1. The van der Waals surface area contributed by atoms with E-state index in [1.54, 1.807) is 12.1 Å². The van der Waals surface area contributed by atoms with Gasteiger partial charge in [0, 0.05) is 11.1 Å². The first-order valence-electron chi connectivity index (χ1n) is 5.95. The second-order valence-corrected chi connectivity index (χ2v) is 5.43. The van der Waals surface area contributed by atoms with Gasteiger partial charge in [-0.25, -0.2) is 8.78 Å². The normalized spacial score (nSPS) is 10.9. The SMILES string of the molecule is CSc1ccc(Cl)c(C(=O)Nc2cnn(CC(F)F)c2)c1. The molecule has 4 nitrogen and oxygen atoms in total. The largest absolute Gasteiger partial charge is 0.319 e. The molecule has 1 aromatic heterocycles. The molecule has 0 radical (unpaired) electrons. The number of nitrogens with zero attached hydrogens (tertiary/aromatic N) is 2. The quantitative estimate of drug-likeness (QED) is 0.848. The minimum atomic E-state index is -2.50. The molecule has 0 aliphatic rings. The zero-order valence-electron chi connectivity index (χ0n) is 11.0. The number of thioether (sulfide) groups is 1. The molecule has 2 rings (SSSR count). The molecule has 0 atom stereocenters. The van der Waals surface area contributed by atoms with E-state index in [0.29, 0.717) is 16.3 Å². The molecule has 8 heteroatoms. The lowest BCUT2D eigenvalue weighted by atomic mass is 10.2. The van der Waals surface area contributed by atoms with Gasteiger partial charge in [0.05, 0.1) is 22.5 Å². The van der Waals surface area contributed by atoms with E-state index in [1.165, 1.54) is 24.2 Å².